The van der Waals surface area contributed by atoms with E-state index in [1.165, 1.54) is 6.20 Å². The van der Waals surface area contributed by atoms with Gasteiger partial charge in [0.2, 0.25) is 5.91 Å². The molecule has 0 unspecified atom stereocenters. The molecule has 1 aliphatic heterocycles. The molecule has 7 nitrogen and oxygen atoms in total. The van der Waals surface area contributed by atoms with Gasteiger partial charge in [0, 0.05) is 25.2 Å². The predicted molar refractivity (Wildman–Crippen MR) is 95.9 cm³/mol. The molecule has 2 heterocycles. The third kappa shape index (κ3) is 3.82. The van der Waals surface area contributed by atoms with Gasteiger partial charge in [-0.15, -0.1) is 0 Å². The molecule has 2 aromatic rings. The Morgan fingerprint density at radius 2 is 2.04 bits per heavy atom. The van der Waals surface area contributed by atoms with Crippen LogP contribution in [0.3, 0.4) is 0 Å². The zero-order chi connectivity index (χ0) is 18.7. The fourth-order valence-electron chi connectivity index (χ4n) is 3.15. The van der Waals surface area contributed by atoms with E-state index in [9.17, 15) is 9.59 Å². The number of nitrogens with two attached hydrogens (primary N) is 1. The highest BCUT2D eigenvalue weighted by atomic mass is 16.5. The fourth-order valence-corrected chi connectivity index (χ4v) is 3.15. The Morgan fingerprint density at radius 3 is 2.65 bits per heavy atom. The molecule has 1 aromatic heterocycles. The Kier molecular flexibility index (Phi) is 5.16. The van der Waals surface area contributed by atoms with E-state index >= 15 is 0 Å². The molecule has 26 heavy (non-hydrogen) atoms. The van der Waals surface area contributed by atoms with Gasteiger partial charge in [0.25, 0.3) is 5.91 Å². The van der Waals surface area contributed by atoms with Crippen LogP contribution in [0.2, 0.25) is 0 Å². The van der Waals surface area contributed by atoms with E-state index < -0.39 is 5.91 Å². The van der Waals surface area contributed by atoms with Gasteiger partial charge in [0.05, 0.1) is 24.8 Å². The topological polar surface area (TPSA) is 98.4 Å². The van der Waals surface area contributed by atoms with Crippen molar-refractivity contribution in [3.8, 4) is 5.75 Å². The molecule has 0 radical (unpaired) electrons. The summed E-state index contributed by atoms with van der Waals surface area (Å²) in [5.74, 6) is 1.07. The number of likely N-dealkylation sites (tertiary alicyclic amines) is 1. The van der Waals surface area contributed by atoms with Crippen molar-refractivity contribution in [3.05, 3.63) is 53.1 Å². The highest BCUT2D eigenvalue weighted by Crippen LogP contribution is 2.26. The van der Waals surface area contributed by atoms with E-state index in [1.54, 1.807) is 14.0 Å². The molecule has 0 spiro atoms. The van der Waals surface area contributed by atoms with Crippen LogP contribution in [0.4, 0.5) is 0 Å². The van der Waals surface area contributed by atoms with Gasteiger partial charge in [-0.2, -0.15) is 0 Å². The SMILES string of the molecule is COc1ccc(CC(=O)N2CC[C@@H](c3ncc(C(N)=O)c(C)n3)C2)cc1. The number of ether oxygens (including phenoxy) is 1. The number of aromatic nitrogens is 2. The molecule has 136 valence electrons. The van der Waals surface area contributed by atoms with Crippen molar-refractivity contribution >= 4 is 11.8 Å². The summed E-state index contributed by atoms with van der Waals surface area (Å²) < 4.78 is 5.13. The average molecular weight is 354 g/mol. The summed E-state index contributed by atoms with van der Waals surface area (Å²) in [4.78, 5) is 34.4. The molecule has 1 saturated heterocycles. The van der Waals surface area contributed by atoms with Gasteiger partial charge in [-0.1, -0.05) is 12.1 Å². The number of nitrogens with zero attached hydrogens (tertiary/aromatic N) is 3. The van der Waals surface area contributed by atoms with E-state index in [0.717, 1.165) is 17.7 Å². The molecule has 2 amide bonds. The van der Waals surface area contributed by atoms with Crippen LogP contribution in [0.1, 0.15) is 39.8 Å². The van der Waals surface area contributed by atoms with Crippen molar-refractivity contribution in [2.75, 3.05) is 20.2 Å². The second-order valence-electron chi connectivity index (χ2n) is 6.44. The lowest BCUT2D eigenvalue weighted by atomic mass is 10.1. The van der Waals surface area contributed by atoms with Crippen LogP contribution >= 0.6 is 0 Å². The van der Waals surface area contributed by atoms with E-state index in [1.807, 2.05) is 29.2 Å². The Hall–Kier alpha value is -2.96. The first-order valence-electron chi connectivity index (χ1n) is 8.52. The standard InChI is InChI=1S/C19H22N4O3/c1-12-16(18(20)25)10-21-19(22-12)14-7-8-23(11-14)17(24)9-13-3-5-15(26-2)6-4-13/h3-6,10,14H,7-9,11H2,1-2H3,(H2,20,25)/t14-/m1/s1. The van der Waals surface area contributed by atoms with Gasteiger partial charge in [-0.05, 0) is 31.0 Å². The summed E-state index contributed by atoms with van der Waals surface area (Å²) >= 11 is 0. The van der Waals surface area contributed by atoms with Gasteiger partial charge in [0.1, 0.15) is 11.6 Å². The number of hydrogen-bond donors (Lipinski definition) is 1. The molecular weight excluding hydrogens is 332 g/mol. The number of hydrogen-bond acceptors (Lipinski definition) is 5. The highest BCUT2D eigenvalue weighted by Gasteiger charge is 2.29. The van der Waals surface area contributed by atoms with E-state index in [-0.39, 0.29) is 11.8 Å². The summed E-state index contributed by atoms with van der Waals surface area (Å²) in [5, 5.41) is 0. The number of primary amides is 1. The van der Waals surface area contributed by atoms with Crippen LogP contribution in [0.5, 0.6) is 5.75 Å². The molecule has 1 atom stereocenters. The molecule has 2 N–H and O–H groups in total. The lowest BCUT2D eigenvalue weighted by Crippen LogP contribution is -2.30. The van der Waals surface area contributed by atoms with Crippen molar-refractivity contribution in [2.24, 2.45) is 5.73 Å². The number of aryl methyl sites for hydroxylation is 1. The molecule has 0 aliphatic carbocycles. The number of carbonyl (C=O) groups excluding carboxylic acids is 2. The summed E-state index contributed by atoms with van der Waals surface area (Å²) in [6.45, 7) is 3.01. The van der Waals surface area contributed by atoms with E-state index in [2.05, 4.69) is 9.97 Å². The Balaban J connectivity index is 1.63. The zero-order valence-corrected chi connectivity index (χ0v) is 14.9. The highest BCUT2D eigenvalue weighted by molar-refractivity contribution is 5.93. The van der Waals surface area contributed by atoms with E-state index in [0.29, 0.717) is 36.6 Å². The number of rotatable bonds is 5. The normalized spacial score (nSPS) is 16.5. The van der Waals surface area contributed by atoms with Gasteiger partial charge in [0.15, 0.2) is 0 Å². The van der Waals surface area contributed by atoms with Crippen molar-refractivity contribution in [1.29, 1.82) is 0 Å². The fraction of sp³-hybridized carbons (Fsp3) is 0.368. The summed E-state index contributed by atoms with van der Waals surface area (Å²) in [6.07, 6.45) is 2.64. The quantitative estimate of drug-likeness (QED) is 0.876. The molecular formula is C19H22N4O3. The lowest BCUT2D eigenvalue weighted by molar-refractivity contribution is -0.129. The molecule has 1 fully saturated rings. The molecule has 1 aromatic carbocycles. The monoisotopic (exact) mass is 354 g/mol. The van der Waals surface area contributed by atoms with Crippen molar-refractivity contribution in [3.63, 3.8) is 0 Å². The van der Waals surface area contributed by atoms with Gasteiger partial charge in [-0.3, -0.25) is 9.59 Å². The largest absolute Gasteiger partial charge is 0.497 e. The lowest BCUT2D eigenvalue weighted by Gasteiger charge is -2.16. The number of carbonyl (C=O) groups is 2. The first kappa shape index (κ1) is 17.8. The minimum absolute atomic E-state index is 0.0791. The Labute approximate surface area is 152 Å². The van der Waals surface area contributed by atoms with Crippen LogP contribution in [0.15, 0.2) is 30.5 Å². The molecule has 3 rings (SSSR count). The van der Waals surface area contributed by atoms with Crippen LogP contribution in [-0.2, 0) is 11.2 Å². The maximum atomic E-state index is 12.5. The maximum absolute atomic E-state index is 12.5. The number of amides is 2. The first-order chi connectivity index (χ1) is 12.5. The maximum Gasteiger partial charge on any atom is 0.252 e. The summed E-state index contributed by atoms with van der Waals surface area (Å²) in [6, 6.07) is 7.51. The molecule has 0 saturated carbocycles. The van der Waals surface area contributed by atoms with Crippen molar-refractivity contribution in [1.82, 2.24) is 14.9 Å². The Morgan fingerprint density at radius 1 is 1.31 bits per heavy atom. The van der Waals surface area contributed by atoms with Gasteiger partial charge in [-0.25, -0.2) is 9.97 Å². The number of methoxy groups -OCH3 is 1. The van der Waals surface area contributed by atoms with Crippen molar-refractivity contribution < 1.29 is 14.3 Å². The summed E-state index contributed by atoms with van der Waals surface area (Å²) in [5.41, 5.74) is 7.15. The zero-order valence-electron chi connectivity index (χ0n) is 14.9. The second kappa shape index (κ2) is 7.51. The third-order valence-corrected chi connectivity index (χ3v) is 4.68. The third-order valence-electron chi connectivity index (χ3n) is 4.68. The second-order valence-corrected chi connectivity index (χ2v) is 6.44. The van der Waals surface area contributed by atoms with Crippen molar-refractivity contribution in [2.45, 2.75) is 25.7 Å². The number of benzene rings is 1. The minimum atomic E-state index is -0.531. The first-order valence-corrected chi connectivity index (χ1v) is 8.52. The van der Waals surface area contributed by atoms with Crippen LogP contribution in [-0.4, -0.2) is 46.9 Å². The minimum Gasteiger partial charge on any atom is -0.497 e. The Bertz CT molecular complexity index is 820. The van der Waals surface area contributed by atoms with Gasteiger partial charge < -0.3 is 15.4 Å². The average Bonchev–Trinajstić information content (AvgIpc) is 3.12. The van der Waals surface area contributed by atoms with Crippen LogP contribution in [0.25, 0.3) is 0 Å². The summed E-state index contributed by atoms with van der Waals surface area (Å²) in [7, 11) is 1.62. The van der Waals surface area contributed by atoms with Crippen LogP contribution < -0.4 is 10.5 Å². The molecule has 1 aliphatic rings. The smallest absolute Gasteiger partial charge is 0.252 e. The molecule has 7 heteroatoms. The molecule has 0 bridgehead atoms. The predicted octanol–water partition coefficient (Wildman–Crippen LogP) is 1.45. The van der Waals surface area contributed by atoms with E-state index in [4.69, 9.17) is 10.5 Å². The van der Waals surface area contributed by atoms with Crippen LogP contribution in [0, 0.1) is 6.92 Å². The van der Waals surface area contributed by atoms with Gasteiger partial charge >= 0.3 is 0 Å².